The van der Waals surface area contributed by atoms with Crippen molar-refractivity contribution < 1.29 is 14.6 Å². The Bertz CT molecular complexity index is 154. The highest BCUT2D eigenvalue weighted by Crippen LogP contribution is 2.20. The molecule has 12 heavy (non-hydrogen) atoms. The molecule has 1 unspecified atom stereocenters. The number of aliphatic hydroxyl groups excluding tert-OH is 1. The quantitative estimate of drug-likeness (QED) is 0.689. The van der Waals surface area contributed by atoms with E-state index in [1.165, 1.54) is 0 Å². The van der Waals surface area contributed by atoms with E-state index in [2.05, 4.69) is 6.08 Å². The highest BCUT2D eigenvalue weighted by molar-refractivity contribution is 4.99. The Balaban J connectivity index is 2.21. The number of rotatable bonds is 4. The third-order valence-corrected chi connectivity index (χ3v) is 2.03. The number of allylic oxidation sites excluding steroid dienone is 1. The molecule has 0 amide bonds. The summed E-state index contributed by atoms with van der Waals surface area (Å²) in [7, 11) is 1.70. The van der Waals surface area contributed by atoms with E-state index in [0.717, 1.165) is 25.0 Å². The molecule has 1 N–H and O–H groups in total. The van der Waals surface area contributed by atoms with E-state index in [9.17, 15) is 0 Å². The van der Waals surface area contributed by atoms with Crippen LogP contribution in [0.2, 0.25) is 0 Å². The van der Waals surface area contributed by atoms with Gasteiger partial charge in [-0.05, 0) is 18.9 Å². The van der Waals surface area contributed by atoms with Crippen LogP contribution in [0.5, 0.6) is 0 Å². The molecule has 70 valence electrons. The first-order chi connectivity index (χ1) is 5.86. The van der Waals surface area contributed by atoms with Gasteiger partial charge in [-0.15, -0.1) is 0 Å². The second-order valence-electron chi connectivity index (χ2n) is 2.87. The number of methoxy groups -OCH3 is 1. The van der Waals surface area contributed by atoms with Gasteiger partial charge in [0.2, 0.25) is 0 Å². The van der Waals surface area contributed by atoms with E-state index in [4.69, 9.17) is 14.6 Å². The summed E-state index contributed by atoms with van der Waals surface area (Å²) in [5.41, 5.74) is 0. The summed E-state index contributed by atoms with van der Waals surface area (Å²) in [5.74, 6) is 1.05. The minimum atomic E-state index is 0.108. The standard InChI is InChI=1S/C9H16O3/c1-11-8-2-4-9(5-3-8)12-7-6-10/h2,9-10H,3-7H2,1H3. The Hall–Kier alpha value is -0.540. The SMILES string of the molecule is COC1=CCC(OCCO)CC1. The predicted molar refractivity (Wildman–Crippen MR) is 45.8 cm³/mol. The van der Waals surface area contributed by atoms with Crippen molar-refractivity contribution in [3.05, 3.63) is 11.8 Å². The maximum atomic E-state index is 8.53. The van der Waals surface area contributed by atoms with Crippen LogP contribution >= 0.6 is 0 Å². The zero-order chi connectivity index (χ0) is 8.81. The van der Waals surface area contributed by atoms with Crippen LogP contribution in [0, 0.1) is 0 Å². The van der Waals surface area contributed by atoms with E-state index < -0.39 is 0 Å². The maximum Gasteiger partial charge on any atom is 0.0917 e. The van der Waals surface area contributed by atoms with Crippen molar-refractivity contribution in [2.45, 2.75) is 25.4 Å². The van der Waals surface area contributed by atoms with Crippen LogP contribution in [0.15, 0.2) is 11.8 Å². The van der Waals surface area contributed by atoms with Gasteiger partial charge in [0.25, 0.3) is 0 Å². The van der Waals surface area contributed by atoms with Gasteiger partial charge in [-0.25, -0.2) is 0 Å². The van der Waals surface area contributed by atoms with E-state index >= 15 is 0 Å². The van der Waals surface area contributed by atoms with Crippen LogP contribution in [0.1, 0.15) is 19.3 Å². The van der Waals surface area contributed by atoms with Crippen molar-refractivity contribution in [1.82, 2.24) is 0 Å². The van der Waals surface area contributed by atoms with Crippen molar-refractivity contribution in [2.24, 2.45) is 0 Å². The Morgan fingerprint density at radius 3 is 3.00 bits per heavy atom. The number of hydrogen-bond donors (Lipinski definition) is 1. The first-order valence-electron chi connectivity index (χ1n) is 4.32. The molecule has 1 rings (SSSR count). The highest BCUT2D eigenvalue weighted by Gasteiger charge is 2.14. The molecule has 0 saturated heterocycles. The minimum absolute atomic E-state index is 0.108. The molecular weight excluding hydrogens is 156 g/mol. The lowest BCUT2D eigenvalue weighted by molar-refractivity contribution is 0.0196. The van der Waals surface area contributed by atoms with Gasteiger partial charge in [0.15, 0.2) is 0 Å². The summed E-state index contributed by atoms with van der Waals surface area (Å²) in [6.45, 7) is 0.554. The third-order valence-electron chi connectivity index (χ3n) is 2.03. The zero-order valence-corrected chi connectivity index (χ0v) is 7.45. The molecule has 0 aliphatic heterocycles. The van der Waals surface area contributed by atoms with Gasteiger partial charge in [0, 0.05) is 6.42 Å². The second kappa shape index (κ2) is 5.17. The average molecular weight is 172 g/mol. The summed E-state index contributed by atoms with van der Waals surface area (Å²) in [6.07, 6.45) is 5.19. The van der Waals surface area contributed by atoms with E-state index in [1.807, 2.05) is 0 Å². The summed E-state index contributed by atoms with van der Waals surface area (Å²) in [5, 5.41) is 8.53. The Morgan fingerprint density at radius 2 is 2.50 bits per heavy atom. The number of aliphatic hydroxyl groups is 1. The van der Waals surface area contributed by atoms with Crippen LogP contribution in [0.4, 0.5) is 0 Å². The van der Waals surface area contributed by atoms with Gasteiger partial charge in [0.05, 0.1) is 32.2 Å². The normalized spacial score (nSPS) is 23.5. The van der Waals surface area contributed by atoms with Crippen LogP contribution in [-0.2, 0) is 9.47 Å². The fourth-order valence-corrected chi connectivity index (χ4v) is 1.34. The van der Waals surface area contributed by atoms with Crippen LogP contribution in [0.3, 0.4) is 0 Å². The van der Waals surface area contributed by atoms with Crippen LogP contribution in [0.25, 0.3) is 0 Å². The Labute approximate surface area is 73.0 Å². The molecule has 0 radical (unpaired) electrons. The summed E-state index contributed by atoms with van der Waals surface area (Å²) >= 11 is 0. The highest BCUT2D eigenvalue weighted by atomic mass is 16.5. The Kier molecular flexibility index (Phi) is 4.11. The zero-order valence-electron chi connectivity index (χ0n) is 7.45. The first-order valence-corrected chi connectivity index (χ1v) is 4.32. The first kappa shape index (κ1) is 9.55. The number of hydrogen-bond acceptors (Lipinski definition) is 3. The van der Waals surface area contributed by atoms with Crippen LogP contribution in [-0.4, -0.2) is 31.5 Å². The lowest BCUT2D eigenvalue weighted by atomic mass is 10.0. The molecule has 1 atom stereocenters. The topological polar surface area (TPSA) is 38.7 Å². The summed E-state index contributed by atoms with van der Waals surface area (Å²) < 4.78 is 10.5. The van der Waals surface area contributed by atoms with Crippen molar-refractivity contribution in [3.63, 3.8) is 0 Å². The molecule has 0 saturated carbocycles. The largest absolute Gasteiger partial charge is 0.501 e. The van der Waals surface area contributed by atoms with Crippen molar-refractivity contribution >= 4 is 0 Å². The van der Waals surface area contributed by atoms with E-state index in [1.54, 1.807) is 7.11 Å². The minimum Gasteiger partial charge on any atom is -0.501 e. The number of ether oxygens (including phenoxy) is 2. The van der Waals surface area contributed by atoms with Crippen molar-refractivity contribution in [1.29, 1.82) is 0 Å². The molecule has 0 bridgehead atoms. The van der Waals surface area contributed by atoms with Gasteiger partial charge in [-0.2, -0.15) is 0 Å². The van der Waals surface area contributed by atoms with Crippen molar-refractivity contribution in [2.75, 3.05) is 20.3 Å². The monoisotopic (exact) mass is 172 g/mol. The lowest BCUT2D eigenvalue weighted by Gasteiger charge is -2.21. The molecule has 3 nitrogen and oxygen atoms in total. The van der Waals surface area contributed by atoms with Gasteiger partial charge < -0.3 is 14.6 Å². The maximum absolute atomic E-state index is 8.53. The fraction of sp³-hybridized carbons (Fsp3) is 0.778. The molecule has 0 fully saturated rings. The molecule has 0 aromatic rings. The van der Waals surface area contributed by atoms with Gasteiger partial charge in [-0.1, -0.05) is 0 Å². The smallest absolute Gasteiger partial charge is 0.0917 e. The fourth-order valence-electron chi connectivity index (χ4n) is 1.34. The molecule has 0 aromatic heterocycles. The van der Waals surface area contributed by atoms with Gasteiger partial charge in [0.1, 0.15) is 0 Å². The van der Waals surface area contributed by atoms with E-state index in [-0.39, 0.29) is 12.7 Å². The summed E-state index contributed by atoms with van der Waals surface area (Å²) in [4.78, 5) is 0. The molecular formula is C9H16O3. The van der Waals surface area contributed by atoms with Crippen molar-refractivity contribution in [3.8, 4) is 0 Å². The predicted octanol–water partition coefficient (Wildman–Crippen LogP) is 1.08. The van der Waals surface area contributed by atoms with Crippen LogP contribution < -0.4 is 0 Å². The summed E-state index contributed by atoms with van der Waals surface area (Å²) in [6, 6.07) is 0. The third kappa shape index (κ3) is 2.83. The molecule has 0 heterocycles. The molecule has 1 aliphatic carbocycles. The molecule has 1 aliphatic rings. The lowest BCUT2D eigenvalue weighted by Crippen LogP contribution is -2.18. The Morgan fingerprint density at radius 1 is 1.67 bits per heavy atom. The van der Waals surface area contributed by atoms with Gasteiger partial charge in [-0.3, -0.25) is 0 Å². The molecule has 3 heteroatoms. The van der Waals surface area contributed by atoms with E-state index in [0.29, 0.717) is 6.61 Å². The second-order valence-corrected chi connectivity index (χ2v) is 2.87. The molecule has 0 spiro atoms. The average Bonchev–Trinajstić information content (AvgIpc) is 2.15. The molecule has 0 aromatic carbocycles. The van der Waals surface area contributed by atoms with Gasteiger partial charge >= 0.3 is 0 Å².